The Kier molecular flexibility index (Phi) is 5.02. The summed E-state index contributed by atoms with van der Waals surface area (Å²) in [5.41, 5.74) is 0.659. The van der Waals surface area contributed by atoms with Crippen LogP contribution >= 0.6 is 11.6 Å². The minimum Gasteiger partial charge on any atom is -0.381 e. The lowest BCUT2D eigenvalue weighted by molar-refractivity contribution is 0.0636. The molecule has 0 bridgehead atoms. The lowest BCUT2D eigenvalue weighted by Gasteiger charge is -2.21. The quantitative estimate of drug-likeness (QED) is 0.911. The summed E-state index contributed by atoms with van der Waals surface area (Å²) in [4.78, 5) is 11.8. The smallest absolute Gasteiger partial charge is 0.251 e. The van der Waals surface area contributed by atoms with E-state index in [9.17, 15) is 4.79 Å². The number of nitrogens with one attached hydrogen (secondary N) is 1. The zero-order valence-electron chi connectivity index (χ0n) is 10.3. The summed E-state index contributed by atoms with van der Waals surface area (Å²) >= 11 is 5.78. The Bertz CT molecular complexity index is 385. The zero-order valence-corrected chi connectivity index (χ0v) is 11.1. The molecule has 0 aromatic heterocycles. The van der Waals surface area contributed by atoms with Crippen LogP contribution in [0.1, 0.15) is 29.6 Å². The first kappa shape index (κ1) is 13.4. The lowest BCUT2D eigenvalue weighted by atomic mass is 9.97. The van der Waals surface area contributed by atoms with Crippen molar-refractivity contribution in [3.8, 4) is 0 Å². The minimum absolute atomic E-state index is 0.0290. The zero-order chi connectivity index (χ0) is 12.8. The number of amides is 1. The largest absolute Gasteiger partial charge is 0.381 e. The molecule has 2 rings (SSSR count). The summed E-state index contributed by atoms with van der Waals surface area (Å²) in [5, 5.41) is 3.59. The Labute approximate surface area is 112 Å². The average Bonchev–Trinajstić information content (AvgIpc) is 2.40. The van der Waals surface area contributed by atoms with Crippen LogP contribution in [0.15, 0.2) is 24.3 Å². The fraction of sp³-hybridized carbons (Fsp3) is 0.500. The van der Waals surface area contributed by atoms with Gasteiger partial charge in [0.05, 0.1) is 0 Å². The number of hydrogen-bond donors (Lipinski definition) is 1. The van der Waals surface area contributed by atoms with Gasteiger partial charge >= 0.3 is 0 Å². The van der Waals surface area contributed by atoms with Gasteiger partial charge in [-0.1, -0.05) is 11.6 Å². The molecule has 0 saturated carbocycles. The molecule has 4 heteroatoms. The van der Waals surface area contributed by atoms with Gasteiger partial charge in [-0.15, -0.1) is 0 Å². The van der Waals surface area contributed by atoms with Crippen LogP contribution in [0.5, 0.6) is 0 Å². The maximum absolute atomic E-state index is 11.8. The second-order valence-corrected chi connectivity index (χ2v) is 5.04. The molecule has 1 aromatic carbocycles. The first-order chi connectivity index (χ1) is 8.75. The maximum Gasteiger partial charge on any atom is 0.251 e. The van der Waals surface area contributed by atoms with Crippen LogP contribution in [0, 0.1) is 5.92 Å². The van der Waals surface area contributed by atoms with E-state index in [1.807, 2.05) is 0 Å². The average molecular weight is 268 g/mol. The Morgan fingerprint density at radius 3 is 2.61 bits per heavy atom. The van der Waals surface area contributed by atoms with Gasteiger partial charge in [0.2, 0.25) is 0 Å². The Morgan fingerprint density at radius 2 is 1.94 bits per heavy atom. The van der Waals surface area contributed by atoms with Gasteiger partial charge in [0, 0.05) is 30.3 Å². The predicted octanol–water partition coefficient (Wildman–Crippen LogP) is 2.89. The Morgan fingerprint density at radius 1 is 1.28 bits per heavy atom. The highest BCUT2D eigenvalue weighted by molar-refractivity contribution is 6.30. The van der Waals surface area contributed by atoms with Gasteiger partial charge in [0.25, 0.3) is 5.91 Å². The van der Waals surface area contributed by atoms with Gasteiger partial charge in [-0.2, -0.15) is 0 Å². The molecule has 1 heterocycles. The summed E-state index contributed by atoms with van der Waals surface area (Å²) in [5.74, 6) is 0.656. The Balaban J connectivity index is 1.72. The molecular formula is C14H18ClNO2. The van der Waals surface area contributed by atoms with Crippen molar-refractivity contribution in [2.45, 2.75) is 19.3 Å². The third-order valence-electron chi connectivity index (χ3n) is 3.29. The summed E-state index contributed by atoms with van der Waals surface area (Å²) < 4.78 is 5.31. The van der Waals surface area contributed by atoms with Crippen LogP contribution in [0.3, 0.4) is 0 Å². The van der Waals surface area contributed by atoms with Crippen molar-refractivity contribution in [3.05, 3.63) is 34.9 Å². The van der Waals surface area contributed by atoms with Gasteiger partial charge in [0.15, 0.2) is 0 Å². The SMILES string of the molecule is O=C(NCCC1CCOCC1)c1ccc(Cl)cc1. The van der Waals surface area contributed by atoms with Crippen LogP contribution in [-0.2, 0) is 4.74 Å². The molecule has 0 radical (unpaired) electrons. The lowest BCUT2D eigenvalue weighted by Crippen LogP contribution is -2.27. The van der Waals surface area contributed by atoms with Crippen molar-refractivity contribution in [1.29, 1.82) is 0 Å². The van der Waals surface area contributed by atoms with E-state index in [4.69, 9.17) is 16.3 Å². The molecule has 0 unspecified atom stereocenters. The van der Waals surface area contributed by atoms with Gasteiger partial charge in [-0.25, -0.2) is 0 Å². The molecule has 1 aromatic rings. The number of rotatable bonds is 4. The molecule has 1 amide bonds. The maximum atomic E-state index is 11.8. The molecule has 18 heavy (non-hydrogen) atoms. The number of hydrogen-bond acceptors (Lipinski definition) is 2. The van der Waals surface area contributed by atoms with Crippen LogP contribution in [0.2, 0.25) is 5.02 Å². The first-order valence-electron chi connectivity index (χ1n) is 6.37. The van der Waals surface area contributed by atoms with E-state index in [0.717, 1.165) is 39.0 Å². The fourth-order valence-electron chi connectivity index (χ4n) is 2.13. The van der Waals surface area contributed by atoms with E-state index >= 15 is 0 Å². The second-order valence-electron chi connectivity index (χ2n) is 4.61. The highest BCUT2D eigenvalue weighted by Crippen LogP contribution is 2.17. The molecule has 0 atom stereocenters. The molecule has 98 valence electrons. The van der Waals surface area contributed by atoms with Crippen molar-refractivity contribution in [1.82, 2.24) is 5.32 Å². The number of ether oxygens (including phenoxy) is 1. The van der Waals surface area contributed by atoms with Gasteiger partial charge in [-0.3, -0.25) is 4.79 Å². The van der Waals surface area contributed by atoms with Crippen LogP contribution < -0.4 is 5.32 Å². The molecule has 1 N–H and O–H groups in total. The Hall–Kier alpha value is -1.06. The molecular weight excluding hydrogens is 250 g/mol. The van der Waals surface area contributed by atoms with E-state index in [2.05, 4.69) is 5.32 Å². The molecule has 0 aliphatic carbocycles. The predicted molar refractivity (Wildman–Crippen MR) is 71.9 cm³/mol. The second kappa shape index (κ2) is 6.76. The van der Waals surface area contributed by atoms with E-state index in [0.29, 0.717) is 16.5 Å². The molecule has 1 aliphatic rings. The highest BCUT2D eigenvalue weighted by Gasteiger charge is 2.13. The number of carbonyl (C=O) groups is 1. The van der Waals surface area contributed by atoms with Crippen molar-refractivity contribution in [3.63, 3.8) is 0 Å². The summed E-state index contributed by atoms with van der Waals surface area (Å²) in [7, 11) is 0. The minimum atomic E-state index is -0.0290. The highest BCUT2D eigenvalue weighted by atomic mass is 35.5. The van der Waals surface area contributed by atoms with Crippen molar-refractivity contribution < 1.29 is 9.53 Å². The molecule has 1 saturated heterocycles. The normalized spacial score (nSPS) is 16.5. The van der Waals surface area contributed by atoms with Crippen molar-refractivity contribution >= 4 is 17.5 Å². The topological polar surface area (TPSA) is 38.3 Å². The van der Waals surface area contributed by atoms with Crippen LogP contribution in [0.25, 0.3) is 0 Å². The number of carbonyl (C=O) groups excluding carboxylic acids is 1. The van der Waals surface area contributed by atoms with E-state index in [1.165, 1.54) is 0 Å². The number of halogens is 1. The fourth-order valence-corrected chi connectivity index (χ4v) is 2.25. The summed E-state index contributed by atoms with van der Waals surface area (Å²) in [6.45, 7) is 2.44. The molecule has 1 aliphatic heterocycles. The first-order valence-corrected chi connectivity index (χ1v) is 6.75. The third kappa shape index (κ3) is 4.00. The summed E-state index contributed by atoms with van der Waals surface area (Å²) in [6.07, 6.45) is 3.25. The van der Waals surface area contributed by atoms with Gasteiger partial charge < -0.3 is 10.1 Å². The van der Waals surface area contributed by atoms with E-state index < -0.39 is 0 Å². The van der Waals surface area contributed by atoms with E-state index in [-0.39, 0.29) is 5.91 Å². The molecule has 0 spiro atoms. The standard InChI is InChI=1S/C14H18ClNO2/c15-13-3-1-12(2-4-13)14(17)16-8-5-11-6-9-18-10-7-11/h1-4,11H,5-10H2,(H,16,17). The molecule has 1 fully saturated rings. The van der Waals surface area contributed by atoms with Crippen LogP contribution in [-0.4, -0.2) is 25.7 Å². The van der Waals surface area contributed by atoms with Crippen molar-refractivity contribution in [2.24, 2.45) is 5.92 Å². The number of benzene rings is 1. The van der Waals surface area contributed by atoms with E-state index in [1.54, 1.807) is 24.3 Å². The van der Waals surface area contributed by atoms with Crippen LogP contribution in [0.4, 0.5) is 0 Å². The molecule has 3 nitrogen and oxygen atoms in total. The summed E-state index contributed by atoms with van der Waals surface area (Å²) in [6, 6.07) is 6.95. The van der Waals surface area contributed by atoms with Gasteiger partial charge in [0.1, 0.15) is 0 Å². The monoisotopic (exact) mass is 267 g/mol. The third-order valence-corrected chi connectivity index (χ3v) is 3.54. The van der Waals surface area contributed by atoms with Gasteiger partial charge in [-0.05, 0) is 49.4 Å². The van der Waals surface area contributed by atoms with Crippen molar-refractivity contribution in [2.75, 3.05) is 19.8 Å².